The van der Waals surface area contributed by atoms with Crippen molar-refractivity contribution in [2.24, 2.45) is 0 Å². The van der Waals surface area contributed by atoms with Crippen molar-refractivity contribution in [3.8, 4) is 0 Å². The van der Waals surface area contributed by atoms with Crippen LogP contribution in [-0.2, 0) is 19.1 Å². The van der Waals surface area contributed by atoms with Crippen LogP contribution in [0, 0.1) is 0 Å². The maximum Gasteiger partial charge on any atom is 0.306 e. The van der Waals surface area contributed by atoms with Gasteiger partial charge >= 0.3 is 11.9 Å². The van der Waals surface area contributed by atoms with Crippen molar-refractivity contribution in [2.45, 2.75) is 302 Å². The first-order valence-corrected chi connectivity index (χ1v) is 29.5. The number of unbranched alkanes of at least 4 members (excludes halogenated alkanes) is 34. The molecular weight excluding hydrogens is 837 g/mol. The summed E-state index contributed by atoms with van der Waals surface area (Å²) in [6.07, 6.45) is 80.3. The first-order chi connectivity index (χ1) is 33.6. The molecule has 0 spiro atoms. The molecule has 0 radical (unpaired) electrons. The van der Waals surface area contributed by atoms with E-state index in [0.717, 1.165) is 70.6 Å². The van der Waals surface area contributed by atoms with Gasteiger partial charge < -0.3 is 14.6 Å². The molecule has 1 unspecified atom stereocenters. The van der Waals surface area contributed by atoms with E-state index in [1.54, 1.807) is 0 Å². The molecule has 5 nitrogen and oxygen atoms in total. The Labute approximate surface area is 423 Å². The average molecular weight is 950 g/mol. The van der Waals surface area contributed by atoms with Crippen LogP contribution in [0.5, 0.6) is 0 Å². The first kappa shape index (κ1) is 65.3. The summed E-state index contributed by atoms with van der Waals surface area (Å²) in [5.74, 6) is -0.584. The highest BCUT2D eigenvalue weighted by atomic mass is 16.6. The van der Waals surface area contributed by atoms with Crippen LogP contribution in [0.3, 0.4) is 0 Å². The van der Waals surface area contributed by atoms with Gasteiger partial charge in [0.2, 0.25) is 0 Å². The normalized spacial score (nSPS) is 12.7. The Morgan fingerprint density at radius 2 is 0.632 bits per heavy atom. The highest BCUT2D eigenvalue weighted by Gasteiger charge is 2.16. The summed E-state index contributed by atoms with van der Waals surface area (Å²) in [6.45, 7) is 4.04. The number of carbonyl (C=O) groups excluding carboxylic acids is 2. The predicted molar refractivity (Wildman–Crippen MR) is 297 cm³/mol. The van der Waals surface area contributed by atoms with Gasteiger partial charge in [-0.1, -0.05) is 273 Å². The van der Waals surface area contributed by atoms with Crippen LogP contribution in [-0.4, -0.2) is 36.4 Å². The molecule has 0 aliphatic carbocycles. The predicted octanol–water partition coefficient (Wildman–Crippen LogP) is 20.0. The zero-order valence-corrected chi connectivity index (χ0v) is 45.1. The quantitative estimate of drug-likeness (QED) is 0.0374. The molecule has 0 saturated carbocycles. The Morgan fingerprint density at radius 1 is 0.353 bits per heavy atom. The topological polar surface area (TPSA) is 72.8 Å². The molecule has 0 aromatic heterocycles. The van der Waals surface area contributed by atoms with Crippen LogP contribution in [0.15, 0.2) is 72.9 Å². The summed E-state index contributed by atoms with van der Waals surface area (Å²) in [5.41, 5.74) is 0. The van der Waals surface area contributed by atoms with E-state index in [-0.39, 0.29) is 25.2 Å². The second kappa shape index (κ2) is 58.7. The van der Waals surface area contributed by atoms with Crippen LogP contribution in [0.2, 0.25) is 0 Å². The first-order valence-electron chi connectivity index (χ1n) is 29.5. The third-order valence-corrected chi connectivity index (χ3v) is 13.0. The second-order valence-electron chi connectivity index (χ2n) is 19.7. The van der Waals surface area contributed by atoms with Crippen molar-refractivity contribution in [3.05, 3.63) is 72.9 Å². The molecule has 5 heteroatoms. The molecule has 0 aromatic rings. The largest absolute Gasteiger partial charge is 0.462 e. The highest BCUT2D eigenvalue weighted by Crippen LogP contribution is 2.17. The summed E-state index contributed by atoms with van der Waals surface area (Å²) >= 11 is 0. The molecule has 1 atom stereocenters. The molecule has 68 heavy (non-hydrogen) atoms. The zero-order valence-electron chi connectivity index (χ0n) is 45.1. The average Bonchev–Trinajstić information content (AvgIpc) is 3.34. The lowest BCUT2D eigenvalue weighted by Crippen LogP contribution is -2.28. The van der Waals surface area contributed by atoms with Crippen LogP contribution in [0.1, 0.15) is 296 Å². The Kier molecular flexibility index (Phi) is 56.4. The van der Waals surface area contributed by atoms with Gasteiger partial charge in [0.1, 0.15) is 6.61 Å². The molecule has 0 aromatic carbocycles. The third-order valence-electron chi connectivity index (χ3n) is 13.0. The number of ether oxygens (including phenoxy) is 2. The standard InChI is InChI=1S/C63H112O5/c1-3-5-7-9-11-13-15-17-19-21-23-25-26-27-28-29-30-31-32-33-34-35-36-38-40-42-44-46-48-50-52-54-56-58-63(66)68-61(59-64)60-67-62(65)57-55-53-51-49-47-45-43-41-39-37-24-22-20-18-16-14-12-10-8-6-4-2/h5,7,11,13,16-19,22-25,61,64H,3-4,6,8-10,12,14-15,20-21,26-60H2,1-2H3/b7-5-,13-11-,18-16-,19-17-,24-22-,25-23-. The van der Waals surface area contributed by atoms with Crippen molar-refractivity contribution >= 4 is 11.9 Å². The summed E-state index contributed by atoms with van der Waals surface area (Å²) < 4.78 is 10.7. The Morgan fingerprint density at radius 3 is 0.956 bits per heavy atom. The van der Waals surface area contributed by atoms with Gasteiger partial charge in [-0.3, -0.25) is 9.59 Å². The van der Waals surface area contributed by atoms with Crippen molar-refractivity contribution in [3.63, 3.8) is 0 Å². The van der Waals surface area contributed by atoms with Gasteiger partial charge in [0.25, 0.3) is 0 Å². The lowest BCUT2D eigenvalue weighted by Gasteiger charge is -2.15. The van der Waals surface area contributed by atoms with Gasteiger partial charge in [-0.2, -0.15) is 0 Å². The molecule has 0 fully saturated rings. The van der Waals surface area contributed by atoms with E-state index in [0.29, 0.717) is 12.8 Å². The van der Waals surface area contributed by atoms with Crippen molar-refractivity contribution in [1.82, 2.24) is 0 Å². The Balaban J connectivity index is 3.45. The third kappa shape index (κ3) is 55.9. The number of esters is 2. The van der Waals surface area contributed by atoms with Crippen LogP contribution in [0.4, 0.5) is 0 Å². The molecule has 0 heterocycles. The second-order valence-corrected chi connectivity index (χ2v) is 19.7. The van der Waals surface area contributed by atoms with Gasteiger partial charge in [-0.15, -0.1) is 0 Å². The van der Waals surface area contributed by atoms with Gasteiger partial charge in [0, 0.05) is 12.8 Å². The number of carbonyl (C=O) groups is 2. The number of aliphatic hydroxyl groups excluding tert-OH is 1. The van der Waals surface area contributed by atoms with Gasteiger partial charge in [0.05, 0.1) is 6.61 Å². The fraction of sp³-hybridized carbons (Fsp3) is 0.778. The highest BCUT2D eigenvalue weighted by molar-refractivity contribution is 5.70. The monoisotopic (exact) mass is 949 g/mol. The van der Waals surface area contributed by atoms with Crippen molar-refractivity contribution in [2.75, 3.05) is 13.2 Å². The van der Waals surface area contributed by atoms with Gasteiger partial charge in [-0.05, 0) is 83.5 Å². The lowest BCUT2D eigenvalue weighted by molar-refractivity contribution is -0.161. The smallest absolute Gasteiger partial charge is 0.306 e. The van der Waals surface area contributed by atoms with E-state index in [1.165, 1.54) is 199 Å². The molecule has 0 bridgehead atoms. The van der Waals surface area contributed by atoms with E-state index in [1.807, 2.05) is 0 Å². The van der Waals surface area contributed by atoms with E-state index < -0.39 is 6.10 Å². The number of allylic oxidation sites excluding steroid dienone is 12. The molecule has 1 N–H and O–H groups in total. The molecule has 0 aliphatic rings. The fourth-order valence-corrected chi connectivity index (χ4v) is 8.58. The summed E-state index contributed by atoms with van der Waals surface area (Å²) in [7, 11) is 0. The minimum absolute atomic E-state index is 0.0667. The minimum atomic E-state index is -0.775. The van der Waals surface area contributed by atoms with Crippen molar-refractivity contribution < 1.29 is 24.2 Å². The van der Waals surface area contributed by atoms with Crippen LogP contribution < -0.4 is 0 Å². The number of hydrogen-bond donors (Lipinski definition) is 1. The zero-order chi connectivity index (χ0) is 49.2. The van der Waals surface area contributed by atoms with E-state index in [2.05, 4.69) is 86.8 Å². The van der Waals surface area contributed by atoms with E-state index >= 15 is 0 Å². The molecule has 0 amide bonds. The summed E-state index contributed by atoms with van der Waals surface area (Å²) in [4.78, 5) is 24.5. The number of rotatable bonds is 54. The SMILES string of the molecule is CC/C=C\C/C=C\C/C=C\C/C=C\CCCCCCCCCCCCCCCCCCCCCCC(=O)OC(CO)COC(=O)CCCCCCCCCCC/C=C\C/C=C\CCCCCCC. The van der Waals surface area contributed by atoms with E-state index in [9.17, 15) is 14.7 Å². The number of hydrogen-bond acceptors (Lipinski definition) is 5. The maximum atomic E-state index is 12.3. The van der Waals surface area contributed by atoms with Crippen molar-refractivity contribution in [1.29, 1.82) is 0 Å². The van der Waals surface area contributed by atoms with Gasteiger partial charge in [-0.25, -0.2) is 0 Å². The maximum absolute atomic E-state index is 12.3. The molecule has 0 aliphatic heterocycles. The molecule has 0 rings (SSSR count). The molecular formula is C63H112O5. The Hall–Kier alpha value is -2.66. The van der Waals surface area contributed by atoms with Gasteiger partial charge in [0.15, 0.2) is 6.10 Å². The lowest BCUT2D eigenvalue weighted by atomic mass is 10.0. The van der Waals surface area contributed by atoms with Crippen LogP contribution >= 0.6 is 0 Å². The summed E-state index contributed by atoms with van der Waals surface area (Å²) in [6, 6.07) is 0. The molecule has 394 valence electrons. The van der Waals surface area contributed by atoms with E-state index in [4.69, 9.17) is 9.47 Å². The fourth-order valence-electron chi connectivity index (χ4n) is 8.58. The minimum Gasteiger partial charge on any atom is -0.462 e. The summed E-state index contributed by atoms with van der Waals surface area (Å²) in [5, 5.41) is 9.66. The number of aliphatic hydroxyl groups is 1. The Bertz CT molecular complexity index is 1210. The van der Waals surface area contributed by atoms with Crippen LogP contribution in [0.25, 0.3) is 0 Å². The molecule has 0 saturated heterocycles.